The van der Waals surface area contributed by atoms with Crippen LogP contribution in [0.5, 0.6) is 5.75 Å². The molecule has 3 aromatic carbocycles. The van der Waals surface area contributed by atoms with Gasteiger partial charge < -0.3 is 25.0 Å². The Bertz CT molecular complexity index is 1400. The molecule has 0 saturated heterocycles. The van der Waals surface area contributed by atoms with E-state index in [2.05, 4.69) is 10.6 Å². The number of nitrogens with one attached hydrogen (secondary N) is 2. The van der Waals surface area contributed by atoms with E-state index in [4.69, 9.17) is 9.47 Å². The van der Waals surface area contributed by atoms with Crippen LogP contribution in [-0.4, -0.2) is 47.5 Å². The third kappa shape index (κ3) is 8.68. The van der Waals surface area contributed by atoms with Crippen molar-refractivity contribution in [2.24, 2.45) is 0 Å². The molecule has 3 aromatic rings. The van der Waals surface area contributed by atoms with Crippen LogP contribution in [0.3, 0.4) is 0 Å². The van der Waals surface area contributed by atoms with Crippen LogP contribution in [0.2, 0.25) is 0 Å². The van der Waals surface area contributed by atoms with Crippen molar-refractivity contribution in [2.45, 2.75) is 101 Å². The molecular formula is C38H47N3O5. The molecule has 3 amide bonds. The molecule has 2 aliphatic rings. The SMILES string of the molecule is COc1ccc(CN(C(=O)[C@H](Cc2ccccc2)NC(=O)OCc2ccccc2)C2(C(=O)NC3CCCCC3)CCCCC2)cc1. The Morgan fingerprint density at radius 2 is 1.39 bits per heavy atom. The molecule has 0 spiro atoms. The van der Waals surface area contributed by atoms with Crippen molar-refractivity contribution in [2.75, 3.05) is 7.11 Å². The van der Waals surface area contributed by atoms with E-state index in [0.717, 1.165) is 61.6 Å². The lowest BCUT2D eigenvalue weighted by molar-refractivity contribution is -0.153. The van der Waals surface area contributed by atoms with E-state index in [1.54, 1.807) is 12.0 Å². The molecule has 0 bridgehead atoms. The highest BCUT2D eigenvalue weighted by molar-refractivity contribution is 5.94. The van der Waals surface area contributed by atoms with E-state index in [1.165, 1.54) is 6.42 Å². The topological polar surface area (TPSA) is 97.0 Å². The Morgan fingerprint density at radius 1 is 0.783 bits per heavy atom. The summed E-state index contributed by atoms with van der Waals surface area (Å²) < 4.78 is 11.0. The molecule has 0 radical (unpaired) electrons. The Balaban J connectivity index is 1.47. The second-order valence-electron chi connectivity index (χ2n) is 12.6. The van der Waals surface area contributed by atoms with Gasteiger partial charge in [-0.25, -0.2) is 4.79 Å². The molecule has 0 aliphatic heterocycles. The van der Waals surface area contributed by atoms with Gasteiger partial charge in [0.2, 0.25) is 11.8 Å². The maximum atomic E-state index is 14.9. The number of carbonyl (C=O) groups is 3. The van der Waals surface area contributed by atoms with Crippen molar-refractivity contribution in [3.05, 3.63) is 102 Å². The van der Waals surface area contributed by atoms with Crippen LogP contribution < -0.4 is 15.4 Å². The molecule has 1 atom stereocenters. The number of carbonyl (C=O) groups excluding carboxylic acids is 3. The van der Waals surface area contributed by atoms with Gasteiger partial charge in [0, 0.05) is 19.0 Å². The average molecular weight is 626 g/mol. The normalized spacial score (nSPS) is 16.9. The number of benzene rings is 3. The first kappa shape index (κ1) is 33.0. The fourth-order valence-electron chi connectivity index (χ4n) is 6.82. The van der Waals surface area contributed by atoms with Crippen molar-refractivity contribution in [1.82, 2.24) is 15.5 Å². The standard InChI is InChI=1S/C38H47N3O5/c1-45-33-22-20-30(21-23-33)27-41(38(24-12-5-13-25-38)36(43)39-32-18-10-4-11-19-32)35(42)34(26-29-14-6-2-7-15-29)40-37(44)46-28-31-16-8-3-9-17-31/h2-3,6-9,14-17,20-23,32,34H,4-5,10-13,18-19,24-28H2,1H3,(H,39,43)(H,40,44)/t34-/m0/s1. The summed E-state index contributed by atoms with van der Waals surface area (Å²) in [4.78, 5) is 44.4. The molecule has 0 heterocycles. The molecule has 2 N–H and O–H groups in total. The molecule has 0 aromatic heterocycles. The van der Waals surface area contributed by atoms with Crippen LogP contribution in [0.4, 0.5) is 4.79 Å². The highest BCUT2D eigenvalue weighted by atomic mass is 16.5. The number of hydrogen-bond donors (Lipinski definition) is 2. The first-order valence-electron chi connectivity index (χ1n) is 16.7. The summed E-state index contributed by atoms with van der Waals surface area (Å²) in [6, 6.07) is 25.9. The van der Waals surface area contributed by atoms with E-state index >= 15 is 0 Å². The predicted octanol–water partition coefficient (Wildman–Crippen LogP) is 6.71. The van der Waals surface area contributed by atoms with Crippen molar-refractivity contribution in [1.29, 1.82) is 0 Å². The van der Waals surface area contributed by atoms with Crippen LogP contribution >= 0.6 is 0 Å². The third-order valence-electron chi connectivity index (χ3n) is 9.41. The Morgan fingerprint density at radius 3 is 2.02 bits per heavy atom. The molecule has 2 aliphatic carbocycles. The largest absolute Gasteiger partial charge is 0.497 e. The molecule has 8 heteroatoms. The molecule has 244 valence electrons. The van der Waals surface area contributed by atoms with Crippen molar-refractivity contribution in [3.8, 4) is 5.75 Å². The van der Waals surface area contributed by atoms with Crippen LogP contribution in [0.1, 0.15) is 80.9 Å². The van der Waals surface area contributed by atoms with Crippen LogP contribution in [0.25, 0.3) is 0 Å². The number of methoxy groups -OCH3 is 1. The molecule has 46 heavy (non-hydrogen) atoms. The summed E-state index contributed by atoms with van der Waals surface area (Å²) in [5.74, 6) is 0.344. The molecule has 2 saturated carbocycles. The van der Waals surface area contributed by atoms with E-state index in [0.29, 0.717) is 18.6 Å². The molecule has 8 nitrogen and oxygen atoms in total. The van der Waals surface area contributed by atoms with Gasteiger partial charge >= 0.3 is 6.09 Å². The smallest absolute Gasteiger partial charge is 0.408 e. The van der Waals surface area contributed by atoms with E-state index < -0.39 is 17.7 Å². The van der Waals surface area contributed by atoms with Crippen LogP contribution in [0, 0.1) is 0 Å². The third-order valence-corrected chi connectivity index (χ3v) is 9.41. The monoisotopic (exact) mass is 625 g/mol. The number of ether oxygens (including phenoxy) is 2. The van der Waals surface area contributed by atoms with Gasteiger partial charge in [0.15, 0.2) is 0 Å². The van der Waals surface area contributed by atoms with Gasteiger partial charge in [0.1, 0.15) is 23.9 Å². The number of nitrogens with zero attached hydrogens (tertiary/aromatic N) is 1. The minimum atomic E-state index is -1.03. The van der Waals surface area contributed by atoms with Gasteiger partial charge in [-0.3, -0.25) is 9.59 Å². The van der Waals surface area contributed by atoms with Gasteiger partial charge in [-0.1, -0.05) is 111 Å². The lowest BCUT2D eigenvalue weighted by atomic mass is 9.78. The Labute approximate surface area is 272 Å². The van der Waals surface area contributed by atoms with Gasteiger partial charge in [-0.2, -0.15) is 0 Å². The van der Waals surface area contributed by atoms with Crippen molar-refractivity contribution in [3.63, 3.8) is 0 Å². The minimum Gasteiger partial charge on any atom is -0.497 e. The maximum absolute atomic E-state index is 14.9. The zero-order chi connectivity index (χ0) is 32.2. The first-order valence-corrected chi connectivity index (χ1v) is 16.7. The average Bonchev–Trinajstić information content (AvgIpc) is 3.11. The van der Waals surface area contributed by atoms with Gasteiger partial charge in [0.05, 0.1) is 7.11 Å². The number of rotatable bonds is 12. The molecule has 5 rings (SSSR count). The number of amides is 3. The summed E-state index contributed by atoms with van der Waals surface area (Å²) in [6.07, 6.45) is 8.74. The minimum absolute atomic E-state index is 0.0777. The number of hydrogen-bond acceptors (Lipinski definition) is 5. The van der Waals surface area contributed by atoms with E-state index in [9.17, 15) is 14.4 Å². The van der Waals surface area contributed by atoms with Crippen LogP contribution in [-0.2, 0) is 33.9 Å². The highest BCUT2D eigenvalue weighted by Gasteiger charge is 2.49. The lowest BCUT2D eigenvalue weighted by Crippen LogP contribution is -2.65. The summed E-state index contributed by atoms with van der Waals surface area (Å²) in [5, 5.41) is 6.26. The summed E-state index contributed by atoms with van der Waals surface area (Å²) in [6.45, 7) is 0.315. The quantitative estimate of drug-likeness (QED) is 0.233. The molecule has 0 unspecified atom stereocenters. The lowest BCUT2D eigenvalue weighted by Gasteiger charge is -2.47. The fourth-order valence-corrected chi connectivity index (χ4v) is 6.82. The summed E-state index contributed by atoms with van der Waals surface area (Å²) >= 11 is 0. The highest BCUT2D eigenvalue weighted by Crippen LogP contribution is 2.37. The second-order valence-corrected chi connectivity index (χ2v) is 12.6. The predicted molar refractivity (Wildman–Crippen MR) is 178 cm³/mol. The fraction of sp³-hybridized carbons (Fsp3) is 0.447. The zero-order valence-electron chi connectivity index (χ0n) is 26.9. The summed E-state index contributed by atoms with van der Waals surface area (Å²) in [5.41, 5.74) is 1.61. The van der Waals surface area contributed by atoms with Crippen molar-refractivity contribution >= 4 is 17.9 Å². The zero-order valence-corrected chi connectivity index (χ0v) is 26.9. The van der Waals surface area contributed by atoms with E-state index in [-0.39, 0.29) is 37.4 Å². The van der Waals surface area contributed by atoms with Gasteiger partial charge in [-0.05, 0) is 54.5 Å². The van der Waals surface area contributed by atoms with Crippen molar-refractivity contribution < 1.29 is 23.9 Å². The molecule has 2 fully saturated rings. The van der Waals surface area contributed by atoms with Gasteiger partial charge in [-0.15, -0.1) is 0 Å². The van der Waals surface area contributed by atoms with Crippen LogP contribution in [0.15, 0.2) is 84.9 Å². The Kier molecular flexibility index (Phi) is 11.7. The Hall–Kier alpha value is -4.33. The van der Waals surface area contributed by atoms with E-state index in [1.807, 2.05) is 84.9 Å². The summed E-state index contributed by atoms with van der Waals surface area (Å²) in [7, 11) is 1.62. The maximum Gasteiger partial charge on any atom is 0.408 e. The first-order chi connectivity index (χ1) is 22.5. The second kappa shape index (κ2) is 16.3. The van der Waals surface area contributed by atoms with Gasteiger partial charge in [0.25, 0.3) is 0 Å². The number of alkyl carbamates (subject to hydrolysis) is 1. The molecular weight excluding hydrogens is 578 g/mol.